The van der Waals surface area contributed by atoms with E-state index in [0.29, 0.717) is 0 Å². The number of nitrogens with two attached hydrogens (primary N) is 2. The van der Waals surface area contributed by atoms with Gasteiger partial charge in [0, 0.05) is 33.6 Å². The average Bonchev–Trinajstić information content (AvgIpc) is 3.23. The maximum absolute atomic E-state index is 7.94. The third-order valence-corrected chi connectivity index (χ3v) is 11.0. The van der Waals surface area contributed by atoms with E-state index in [1.54, 1.807) is 0 Å². The van der Waals surface area contributed by atoms with E-state index in [1.165, 1.54) is 21.5 Å². The Kier molecular flexibility index (Phi) is 7.49. The maximum atomic E-state index is 7.94. The van der Waals surface area contributed by atoms with Crippen molar-refractivity contribution in [2.75, 3.05) is 11.5 Å². The van der Waals surface area contributed by atoms with Crippen LogP contribution >= 0.6 is 0 Å². The van der Waals surface area contributed by atoms with Crippen molar-refractivity contribution < 1.29 is 0 Å². The number of nitrogen functional groups attached to an aromatic ring is 2. The second-order valence-corrected chi connectivity index (χ2v) is 14.0. The molecule has 0 spiro atoms. The number of benzene rings is 10. The van der Waals surface area contributed by atoms with E-state index in [9.17, 15) is 0 Å². The zero-order valence-corrected chi connectivity index (χ0v) is 29.6. The minimum absolute atomic E-state index is 0.719. The molecule has 2 nitrogen and oxygen atoms in total. The third-order valence-electron chi connectivity index (χ3n) is 11.0. The minimum atomic E-state index is 0.719. The molecule has 54 heavy (non-hydrogen) atoms. The lowest BCUT2D eigenvalue weighted by Gasteiger charge is -2.28. The van der Waals surface area contributed by atoms with Crippen molar-refractivity contribution in [2.45, 2.75) is 0 Å². The van der Waals surface area contributed by atoms with Crippen molar-refractivity contribution >= 4 is 54.5 Å². The number of rotatable bonds is 5. The first-order valence-electron chi connectivity index (χ1n) is 18.4. The monoisotopic (exact) mass is 688 g/mol. The molecule has 0 heterocycles. The van der Waals surface area contributed by atoms with Crippen molar-refractivity contribution in [3.05, 3.63) is 194 Å². The van der Waals surface area contributed by atoms with Gasteiger partial charge in [-0.25, -0.2) is 0 Å². The van der Waals surface area contributed by atoms with Crippen molar-refractivity contribution in [2.24, 2.45) is 0 Å². The first-order valence-corrected chi connectivity index (χ1v) is 18.4. The average molecular weight is 689 g/mol. The summed E-state index contributed by atoms with van der Waals surface area (Å²) in [5, 5.41) is 9.31. The Morgan fingerprint density at radius 3 is 0.889 bits per heavy atom. The van der Waals surface area contributed by atoms with Crippen molar-refractivity contribution in [1.82, 2.24) is 0 Å². The van der Waals surface area contributed by atoms with E-state index in [0.717, 1.165) is 88.6 Å². The SMILES string of the molecule is Nc1ccc(-c2c(-c3cccc4ccccc34)c(-c3cccc4ccccc34)c(N)c(-c3cccc4ccccc34)c2-c2cccc3ccccc23)cc1. The molecule has 0 aliphatic heterocycles. The molecule has 0 bridgehead atoms. The fourth-order valence-corrected chi connectivity index (χ4v) is 8.58. The quantitative estimate of drug-likeness (QED) is 0.177. The molecular weight excluding hydrogens is 653 g/mol. The van der Waals surface area contributed by atoms with E-state index in [2.05, 4.69) is 182 Å². The Hall–Kier alpha value is -7.16. The Morgan fingerprint density at radius 1 is 0.241 bits per heavy atom. The lowest BCUT2D eigenvalue weighted by atomic mass is 9.75. The Balaban J connectivity index is 1.53. The summed E-state index contributed by atoms with van der Waals surface area (Å²) in [7, 11) is 0. The summed E-state index contributed by atoms with van der Waals surface area (Å²) < 4.78 is 0. The molecule has 4 N–H and O–H groups in total. The zero-order chi connectivity index (χ0) is 36.2. The van der Waals surface area contributed by atoms with Gasteiger partial charge in [-0.1, -0.05) is 182 Å². The first-order chi connectivity index (χ1) is 26.7. The van der Waals surface area contributed by atoms with Crippen LogP contribution in [0, 0.1) is 0 Å². The lowest BCUT2D eigenvalue weighted by molar-refractivity contribution is 1.55. The Morgan fingerprint density at radius 2 is 0.537 bits per heavy atom. The normalized spacial score (nSPS) is 11.5. The lowest BCUT2D eigenvalue weighted by Crippen LogP contribution is -2.05. The van der Waals surface area contributed by atoms with Crippen molar-refractivity contribution in [3.63, 3.8) is 0 Å². The highest BCUT2D eigenvalue weighted by Gasteiger charge is 2.30. The fourth-order valence-electron chi connectivity index (χ4n) is 8.58. The van der Waals surface area contributed by atoms with Gasteiger partial charge in [-0.05, 0) is 88.6 Å². The molecule has 10 aromatic rings. The molecular formula is C52H36N2. The topological polar surface area (TPSA) is 52.0 Å². The largest absolute Gasteiger partial charge is 0.399 e. The van der Waals surface area contributed by atoms with Gasteiger partial charge in [0.1, 0.15) is 0 Å². The summed E-state index contributed by atoms with van der Waals surface area (Å²) in [4.78, 5) is 0. The van der Waals surface area contributed by atoms with E-state index < -0.39 is 0 Å². The molecule has 0 aromatic heterocycles. The van der Waals surface area contributed by atoms with Gasteiger partial charge in [-0.15, -0.1) is 0 Å². The molecule has 0 aliphatic carbocycles. The molecule has 254 valence electrons. The van der Waals surface area contributed by atoms with Gasteiger partial charge in [0.25, 0.3) is 0 Å². The molecule has 0 saturated heterocycles. The van der Waals surface area contributed by atoms with Crippen molar-refractivity contribution in [1.29, 1.82) is 0 Å². The van der Waals surface area contributed by atoms with E-state index in [4.69, 9.17) is 11.5 Å². The van der Waals surface area contributed by atoms with E-state index in [1.807, 2.05) is 12.1 Å². The van der Waals surface area contributed by atoms with Gasteiger partial charge in [-0.3, -0.25) is 0 Å². The molecule has 0 aliphatic rings. The van der Waals surface area contributed by atoms with Crippen LogP contribution in [0.25, 0.3) is 98.7 Å². The van der Waals surface area contributed by atoms with Crippen LogP contribution < -0.4 is 11.5 Å². The molecule has 0 atom stereocenters. The van der Waals surface area contributed by atoms with E-state index in [-0.39, 0.29) is 0 Å². The van der Waals surface area contributed by atoms with Gasteiger partial charge < -0.3 is 11.5 Å². The Labute approximate surface area is 314 Å². The second kappa shape index (κ2) is 12.8. The first kappa shape index (κ1) is 31.6. The highest BCUT2D eigenvalue weighted by molar-refractivity contribution is 6.22. The van der Waals surface area contributed by atoms with Gasteiger partial charge in [0.2, 0.25) is 0 Å². The van der Waals surface area contributed by atoms with Crippen LogP contribution in [0.2, 0.25) is 0 Å². The van der Waals surface area contributed by atoms with Gasteiger partial charge in [0.05, 0.1) is 0 Å². The van der Waals surface area contributed by atoms with Gasteiger partial charge in [0.15, 0.2) is 0 Å². The van der Waals surface area contributed by atoms with Crippen LogP contribution in [0.5, 0.6) is 0 Å². The smallest absolute Gasteiger partial charge is 0.0486 e. The summed E-state index contributed by atoms with van der Waals surface area (Å²) in [6.45, 7) is 0. The molecule has 0 radical (unpaired) electrons. The molecule has 0 saturated carbocycles. The highest BCUT2D eigenvalue weighted by Crippen LogP contribution is 2.57. The molecule has 10 aromatic carbocycles. The zero-order valence-electron chi connectivity index (χ0n) is 29.6. The second-order valence-electron chi connectivity index (χ2n) is 14.0. The molecule has 0 unspecified atom stereocenters. The standard InChI is InChI=1S/C52H36N2/c53-38-31-29-37(30-32-38)47-48(43-25-9-17-33-13-1-5-21-39(33)43)50(45-27-11-19-35-15-3-7-23-41(35)45)52(54)51(46-28-12-20-36-16-4-8-24-42(36)46)49(47)44-26-10-18-34-14-2-6-22-40(34)44/h1-32H,53-54H2. The molecule has 0 fully saturated rings. The van der Waals surface area contributed by atoms with Crippen LogP contribution in [-0.2, 0) is 0 Å². The van der Waals surface area contributed by atoms with Gasteiger partial charge in [-0.2, -0.15) is 0 Å². The summed E-state index contributed by atoms with van der Waals surface area (Å²) in [5.74, 6) is 0. The van der Waals surface area contributed by atoms with Gasteiger partial charge >= 0.3 is 0 Å². The van der Waals surface area contributed by atoms with Crippen molar-refractivity contribution in [3.8, 4) is 55.6 Å². The predicted octanol–water partition coefficient (Wildman–Crippen LogP) is 13.8. The highest BCUT2D eigenvalue weighted by atomic mass is 14.6. The van der Waals surface area contributed by atoms with Crippen LogP contribution in [-0.4, -0.2) is 0 Å². The fraction of sp³-hybridized carbons (Fsp3) is 0. The molecule has 2 heteroatoms. The van der Waals surface area contributed by atoms with Crippen LogP contribution in [0.1, 0.15) is 0 Å². The van der Waals surface area contributed by atoms with Crippen LogP contribution in [0.4, 0.5) is 11.4 Å². The molecule has 0 amide bonds. The summed E-state index contributed by atoms with van der Waals surface area (Å²) in [6, 6.07) is 69.4. The predicted molar refractivity (Wildman–Crippen MR) is 232 cm³/mol. The Bertz CT molecular complexity index is 2860. The minimum Gasteiger partial charge on any atom is -0.399 e. The number of anilines is 2. The van der Waals surface area contributed by atoms with E-state index >= 15 is 0 Å². The summed E-state index contributed by atoms with van der Waals surface area (Å²) in [5.41, 5.74) is 26.7. The number of fused-ring (bicyclic) bond motifs is 4. The molecule has 10 rings (SSSR count). The van der Waals surface area contributed by atoms with Crippen LogP contribution in [0.15, 0.2) is 194 Å². The third kappa shape index (κ3) is 5.03. The number of hydrogen-bond acceptors (Lipinski definition) is 2. The number of hydrogen-bond donors (Lipinski definition) is 2. The van der Waals surface area contributed by atoms with Crippen LogP contribution in [0.3, 0.4) is 0 Å². The maximum Gasteiger partial charge on any atom is 0.0486 e. The summed E-state index contributed by atoms with van der Waals surface area (Å²) >= 11 is 0. The summed E-state index contributed by atoms with van der Waals surface area (Å²) in [6.07, 6.45) is 0.